The molecule has 2 aliphatic heterocycles. The third kappa shape index (κ3) is 4.31. The number of carbonyl (C=O) groups is 1. The number of rotatable bonds is 2. The summed E-state index contributed by atoms with van der Waals surface area (Å²) in [5.74, 6) is 0.574. The van der Waals surface area contributed by atoms with Crippen LogP contribution in [0.4, 0.5) is 5.69 Å². The highest BCUT2D eigenvalue weighted by molar-refractivity contribution is 6.30. The normalized spacial score (nSPS) is 19.4. The first-order valence-corrected chi connectivity index (χ1v) is 8.53. The molecule has 0 saturated carbocycles. The highest BCUT2D eigenvalue weighted by Gasteiger charge is 2.28. The number of piperidine rings is 1. The SMILES string of the molecule is Cc1ccc(Cl)cc1N1CCN(C(=O)C2CCNCC2)CC1.Cl. The van der Waals surface area contributed by atoms with Crippen LogP contribution in [0.5, 0.6) is 0 Å². The van der Waals surface area contributed by atoms with Crippen LogP contribution in [-0.2, 0) is 4.79 Å². The molecule has 0 radical (unpaired) electrons. The van der Waals surface area contributed by atoms with Gasteiger partial charge in [-0.25, -0.2) is 0 Å². The van der Waals surface area contributed by atoms with Gasteiger partial charge in [0.05, 0.1) is 0 Å². The van der Waals surface area contributed by atoms with Crippen molar-refractivity contribution in [2.75, 3.05) is 44.2 Å². The minimum Gasteiger partial charge on any atom is -0.368 e. The quantitative estimate of drug-likeness (QED) is 0.883. The lowest BCUT2D eigenvalue weighted by Gasteiger charge is -2.38. The van der Waals surface area contributed by atoms with E-state index in [0.29, 0.717) is 5.91 Å². The molecule has 0 aliphatic carbocycles. The molecule has 23 heavy (non-hydrogen) atoms. The Morgan fingerprint density at radius 2 is 1.83 bits per heavy atom. The summed E-state index contributed by atoms with van der Waals surface area (Å²) in [6.45, 7) is 7.45. The van der Waals surface area contributed by atoms with Gasteiger partial charge in [-0.05, 0) is 50.6 Å². The van der Waals surface area contributed by atoms with Gasteiger partial charge in [-0.15, -0.1) is 12.4 Å². The number of amides is 1. The fourth-order valence-electron chi connectivity index (χ4n) is 3.42. The molecule has 1 amide bonds. The first kappa shape index (κ1) is 18.4. The number of benzene rings is 1. The van der Waals surface area contributed by atoms with Gasteiger partial charge in [0, 0.05) is 42.8 Å². The van der Waals surface area contributed by atoms with Crippen LogP contribution in [-0.4, -0.2) is 50.1 Å². The monoisotopic (exact) mass is 357 g/mol. The molecule has 3 rings (SSSR count). The summed E-state index contributed by atoms with van der Waals surface area (Å²) < 4.78 is 0. The number of aryl methyl sites for hydroxylation is 1. The highest BCUT2D eigenvalue weighted by atomic mass is 35.5. The van der Waals surface area contributed by atoms with E-state index in [9.17, 15) is 4.79 Å². The van der Waals surface area contributed by atoms with Gasteiger partial charge in [-0.1, -0.05) is 17.7 Å². The predicted molar refractivity (Wildman–Crippen MR) is 97.8 cm³/mol. The number of hydrogen-bond acceptors (Lipinski definition) is 3. The maximum atomic E-state index is 12.6. The van der Waals surface area contributed by atoms with Gasteiger partial charge < -0.3 is 15.1 Å². The number of nitrogens with zero attached hydrogens (tertiary/aromatic N) is 2. The third-order valence-corrected chi connectivity index (χ3v) is 5.03. The number of anilines is 1. The molecule has 2 aliphatic rings. The van der Waals surface area contributed by atoms with E-state index < -0.39 is 0 Å². The van der Waals surface area contributed by atoms with Crippen LogP contribution in [0, 0.1) is 12.8 Å². The Morgan fingerprint density at radius 3 is 2.48 bits per heavy atom. The number of halogens is 2. The molecular weight excluding hydrogens is 333 g/mol. The van der Waals surface area contributed by atoms with Crippen molar-refractivity contribution in [3.8, 4) is 0 Å². The fraction of sp³-hybridized carbons (Fsp3) is 0.588. The van der Waals surface area contributed by atoms with E-state index >= 15 is 0 Å². The highest BCUT2D eigenvalue weighted by Crippen LogP contribution is 2.26. The topological polar surface area (TPSA) is 35.6 Å². The zero-order valence-electron chi connectivity index (χ0n) is 13.6. The van der Waals surface area contributed by atoms with Crippen molar-refractivity contribution in [2.45, 2.75) is 19.8 Å². The Labute approximate surface area is 149 Å². The molecule has 0 spiro atoms. The Morgan fingerprint density at radius 1 is 1.17 bits per heavy atom. The Bertz CT molecular complexity index is 539. The second kappa shape index (κ2) is 8.22. The van der Waals surface area contributed by atoms with E-state index in [1.165, 1.54) is 11.3 Å². The van der Waals surface area contributed by atoms with E-state index in [4.69, 9.17) is 11.6 Å². The fourth-order valence-corrected chi connectivity index (χ4v) is 3.58. The largest absolute Gasteiger partial charge is 0.368 e. The molecule has 2 saturated heterocycles. The van der Waals surface area contributed by atoms with Crippen LogP contribution in [0.2, 0.25) is 5.02 Å². The van der Waals surface area contributed by atoms with Crippen molar-refractivity contribution in [2.24, 2.45) is 5.92 Å². The zero-order chi connectivity index (χ0) is 15.5. The van der Waals surface area contributed by atoms with Crippen molar-refractivity contribution in [1.82, 2.24) is 10.2 Å². The van der Waals surface area contributed by atoms with Crippen molar-refractivity contribution >= 4 is 35.6 Å². The van der Waals surface area contributed by atoms with Gasteiger partial charge in [0.1, 0.15) is 0 Å². The van der Waals surface area contributed by atoms with Gasteiger partial charge in [0.25, 0.3) is 0 Å². The van der Waals surface area contributed by atoms with Gasteiger partial charge in [0.15, 0.2) is 0 Å². The predicted octanol–water partition coefficient (Wildman–Crippen LogP) is 2.72. The lowest BCUT2D eigenvalue weighted by atomic mass is 9.96. The smallest absolute Gasteiger partial charge is 0.225 e. The van der Waals surface area contributed by atoms with Gasteiger partial charge in [-0.3, -0.25) is 4.79 Å². The van der Waals surface area contributed by atoms with E-state index in [2.05, 4.69) is 23.2 Å². The molecular formula is C17H25Cl2N3O. The minimum atomic E-state index is 0. The Kier molecular flexibility index (Phi) is 6.57. The Hall–Kier alpha value is -0.970. The molecule has 2 fully saturated rings. The minimum absolute atomic E-state index is 0. The van der Waals surface area contributed by atoms with Crippen LogP contribution in [0.1, 0.15) is 18.4 Å². The molecule has 6 heteroatoms. The standard InChI is InChI=1S/C17H24ClN3O.ClH/c1-13-2-3-15(18)12-16(13)20-8-10-21(11-9-20)17(22)14-4-6-19-7-5-14;/h2-3,12,14,19H,4-11H2,1H3;1H. The third-order valence-electron chi connectivity index (χ3n) is 4.79. The lowest BCUT2D eigenvalue weighted by molar-refractivity contribution is -0.136. The number of hydrogen-bond donors (Lipinski definition) is 1. The maximum Gasteiger partial charge on any atom is 0.225 e. The van der Waals surface area contributed by atoms with E-state index in [1.54, 1.807) is 0 Å². The molecule has 1 aromatic carbocycles. The first-order chi connectivity index (χ1) is 10.6. The van der Waals surface area contributed by atoms with Crippen molar-refractivity contribution < 1.29 is 4.79 Å². The number of carbonyl (C=O) groups excluding carboxylic acids is 1. The molecule has 2 heterocycles. The summed E-state index contributed by atoms with van der Waals surface area (Å²) in [4.78, 5) is 17.0. The summed E-state index contributed by atoms with van der Waals surface area (Å²) in [5.41, 5.74) is 2.43. The first-order valence-electron chi connectivity index (χ1n) is 8.16. The molecule has 0 atom stereocenters. The number of piperazine rings is 1. The van der Waals surface area contributed by atoms with Crippen molar-refractivity contribution in [3.05, 3.63) is 28.8 Å². The molecule has 1 N–H and O–H groups in total. The number of nitrogens with one attached hydrogen (secondary N) is 1. The van der Waals surface area contributed by atoms with Crippen LogP contribution >= 0.6 is 24.0 Å². The molecule has 0 aromatic heterocycles. The van der Waals surface area contributed by atoms with Crippen LogP contribution in [0.3, 0.4) is 0 Å². The van der Waals surface area contributed by atoms with Crippen LogP contribution < -0.4 is 10.2 Å². The van der Waals surface area contributed by atoms with E-state index in [-0.39, 0.29) is 18.3 Å². The Balaban J connectivity index is 0.00000192. The molecule has 128 valence electrons. The summed E-state index contributed by atoms with van der Waals surface area (Å²) in [5, 5.41) is 4.09. The lowest BCUT2D eigenvalue weighted by Crippen LogP contribution is -2.51. The summed E-state index contributed by atoms with van der Waals surface area (Å²) in [6.07, 6.45) is 1.96. The van der Waals surface area contributed by atoms with Gasteiger partial charge in [-0.2, -0.15) is 0 Å². The second-order valence-corrected chi connectivity index (χ2v) is 6.70. The van der Waals surface area contributed by atoms with Crippen LogP contribution in [0.25, 0.3) is 0 Å². The molecule has 0 unspecified atom stereocenters. The summed E-state index contributed by atoms with van der Waals surface area (Å²) >= 11 is 6.12. The summed E-state index contributed by atoms with van der Waals surface area (Å²) in [7, 11) is 0. The second-order valence-electron chi connectivity index (χ2n) is 6.27. The maximum absolute atomic E-state index is 12.6. The molecule has 1 aromatic rings. The van der Waals surface area contributed by atoms with E-state index in [1.807, 2.05) is 17.0 Å². The van der Waals surface area contributed by atoms with Gasteiger partial charge in [0.2, 0.25) is 5.91 Å². The molecule has 0 bridgehead atoms. The van der Waals surface area contributed by atoms with Gasteiger partial charge >= 0.3 is 0 Å². The average molecular weight is 358 g/mol. The molecule has 4 nitrogen and oxygen atoms in total. The zero-order valence-corrected chi connectivity index (χ0v) is 15.1. The van der Waals surface area contributed by atoms with Crippen LogP contribution in [0.15, 0.2) is 18.2 Å². The average Bonchev–Trinajstić information content (AvgIpc) is 2.57. The summed E-state index contributed by atoms with van der Waals surface area (Å²) in [6, 6.07) is 6.02. The van der Waals surface area contributed by atoms with Crippen molar-refractivity contribution in [3.63, 3.8) is 0 Å². The van der Waals surface area contributed by atoms with E-state index in [0.717, 1.165) is 57.1 Å². The van der Waals surface area contributed by atoms with Crippen molar-refractivity contribution in [1.29, 1.82) is 0 Å².